The number of carbonyl (C=O) groups is 2. The number of amides is 2. The van der Waals surface area contributed by atoms with Gasteiger partial charge in [-0.3, -0.25) is 9.59 Å². The van der Waals surface area contributed by atoms with Crippen LogP contribution in [0.25, 0.3) is 0 Å². The number of thioether (sulfide) groups is 1. The minimum absolute atomic E-state index is 0.0472. The van der Waals surface area contributed by atoms with Crippen LogP contribution in [-0.4, -0.2) is 61.6 Å². The zero-order valence-electron chi connectivity index (χ0n) is 19.4. The topological polar surface area (TPSA) is 139 Å². The van der Waals surface area contributed by atoms with Crippen LogP contribution >= 0.6 is 11.8 Å². The summed E-state index contributed by atoms with van der Waals surface area (Å²) in [6.07, 6.45) is 3.74. The Morgan fingerprint density at radius 1 is 1.26 bits per heavy atom. The van der Waals surface area contributed by atoms with Crippen molar-refractivity contribution in [3.63, 3.8) is 0 Å². The van der Waals surface area contributed by atoms with Gasteiger partial charge in [0.2, 0.25) is 11.7 Å². The van der Waals surface area contributed by atoms with E-state index in [1.165, 1.54) is 6.33 Å². The first-order valence-corrected chi connectivity index (χ1v) is 11.7. The molecule has 10 nitrogen and oxygen atoms in total. The molecule has 2 aromatic heterocycles. The Morgan fingerprint density at radius 2 is 2.00 bits per heavy atom. The summed E-state index contributed by atoms with van der Waals surface area (Å²) in [5.74, 6) is 1.06. The molecule has 0 spiro atoms. The van der Waals surface area contributed by atoms with Gasteiger partial charge in [0.05, 0.1) is 24.0 Å². The maximum Gasteiger partial charge on any atom is 0.288 e. The number of aliphatic hydroxyl groups is 1. The second-order valence-corrected chi connectivity index (χ2v) is 9.51. The molecule has 34 heavy (non-hydrogen) atoms. The van der Waals surface area contributed by atoms with Crippen molar-refractivity contribution in [3.8, 4) is 0 Å². The fourth-order valence-electron chi connectivity index (χ4n) is 3.01. The van der Waals surface area contributed by atoms with Crippen molar-refractivity contribution in [2.45, 2.75) is 37.3 Å². The van der Waals surface area contributed by atoms with Crippen molar-refractivity contribution in [1.82, 2.24) is 19.7 Å². The van der Waals surface area contributed by atoms with Crippen LogP contribution in [0.1, 0.15) is 36.5 Å². The molecule has 0 aliphatic carbocycles. The number of fused-ring (bicyclic) bond motifs is 1. The second-order valence-electron chi connectivity index (χ2n) is 8.37. The Labute approximate surface area is 202 Å². The molecule has 0 saturated carbocycles. The Hall–Kier alpha value is -3.44. The Balaban J connectivity index is 0.000000196. The van der Waals surface area contributed by atoms with Gasteiger partial charge in [0.25, 0.3) is 5.91 Å². The number of benzene rings is 1. The molecular formula is C23H29N7O3S. The molecular weight excluding hydrogens is 454 g/mol. The van der Waals surface area contributed by atoms with Crippen LogP contribution in [0.3, 0.4) is 0 Å². The molecule has 2 amide bonds. The normalized spacial score (nSPS) is 13.4. The summed E-state index contributed by atoms with van der Waals surface area (Å²) in [6.45, 7) is 4.49. The lowest BCUT2D eigenvalue weighted by Gasteiger charge is -2.20. The molecule has 1 aliphatic rings. The predicted octanol–water partition coefficient (Wildman–Crippen LogP) is 2.15. The lowest BCUT2D eigenvalue weighted by atomic mass is 10.1. The third kappa shape index (κ3) is 7.29. The highest BCUT2D eigenvalue weighted by atomic mass is 32.2. The highest BCUT2D eigenvalue weighted by Gasteiger charge is 2.20. The third-order valence-corrected chi connectivity index (χ3v) is 5.85. The third-order valence-electron chi connectivity index (χ3n) is 4.80. The van der Waals surface area contributed by atoms with Crippen LogP contribution in [0.15, 0.2) is 53.8 Å². The van der Waals surface area contributed by atoms with Crippen LogP contribution < -0.4 is 16.0 Å². The number of carbonyl (C=O) groups excluding carboxylic acids is 2. The molecule has 3 heterocycles. The van der Waals surface area contributed by atoms with Gasteiger partial charge in [-0.2, -0.15) is 0 Å². The number of hydrogen-bond acceptors (Lipinski definition) is 8. The van der Waals surface area contributed by atoms with Crippen molar-refractivity contribution >= 4 is 35.1 Å². The molecule has 3 aromatic rings. The van der Waals surface area contributed by atoms with E-state index in [-0.39, 0.29) is 11.7 Å². The van der Waals surface area contributed by atoms with E-state index < -0.39 is 11.5 Å². The van der Waals surface area contributed by atoms with Crippen molar-refractivity contribution < 1.29 is 14.7 Å². The molecule has 180 valence electrons. The number of rotatable bonds is 6. The van der Waals surface area contributed by atoms with Gasteiger partial charge in [-0.05, 0) is 25.5 Å². The number of nitrogens with two attached hydrogens (primary N) is 1. The number of pyridine rings is 1. The first-order chi connectivity index (χ1) is 16.1. The lowest BCUT2D eigenvalue weighted by molar-refractivity contribution is -0.117. The van der Waals surface area contributed by atoms with Crippen molar-refractivity contribution in [3.05, 3.63) is 60.3 Å². The largest absolute Gasteiger partial charge is 0.389 e. The molecule has 11 heteroatoms. The number of nitrogens with one attached hydrogen (secondary N) is 1. The minimum Gasteiger partial charge on any atom is -0.389 e. The average Bonchev–Trinajstić information content (AvgIpc) is 3.21. The number of hydrogen-bond donors (Lipinski definition) is 3. The molecule has 0 unspecified atom stereocenters. The molecule has 0 bridgehead atoms. The van der Waals surface area contributed by atoms with E-state index in [0.29, 0.717) is 19.5 Å². The van der Waals surface area contributed by atoms with E-state index in [1.807, 2.05) is 36.4 Å². The summed E-state index contributed by atoms with van der Waals surface area (Å²) in [5, 5.41) is 16.7. The predicted molar refractivity (Wildman–Crippen MR) is 132 cm³/mol. The molecule has 1 aromatic carbocycles. The molecule has 0 saturated heterocycles. The molecule has 1 aliphatic heterocycles. The van der Waals surface area contributed by atoms with E-state index in [1.54, 1.807) is 48.4 Å². The van der Waals surface area contributed by atoms with Crippen LogP contribution in [0.4, 0.5) is 11.5 Å². The molecule has 0 atom stereocenters. The van der Waals surface area contributed by atoms with Crippen LogP contribution in [0.5, 0.6) is 0 Å². The summed E-state index contributed by atoms with van der Waals surface area (Å²) in [7, 11) is 1.78. The van der Waals surface area contributed by atoms with Gasteiger partial charge in [0, 0.05) is 30.7 Å². The van der Waals surface area contributed by atoms with Crippen molar-refractivity contribution in [1.29, 1.82) is 0 Å². The summed E-state index contributed by atoms with van der Waals surface area (Å²) in [5.41, 5.74) is 6.20. The maximum absolute atomic E-state index is 11.8. The van der Waals surface area contributed by atoms with Gasteiger partial charge in [-0.1, -0.05) is 30.3 Å². The van der Waals surface area contributed by atoms with Crippen molar-refractivity contribution in [2.24, 2.45) is 5.73 Å². The van der Waals surface area contributed by atoms with Crippen molar-refractivity contribution in [2.75, 3.05) is 29.6 Å². The quantitative estimate of drug-likeness (QED) is 0.485. The summed E-state index contributed by atoms with van der Waals surface area (Å²) in [6, 6.07) is 11.7. The van der Waals surface area contributed by atoms with Gasteiger partial charge in [0.15, 0.2) is 0 Å². The summed E-state index contributed by atoms with van der Waals surface area (Å²) in [4.78, 5) is 33.3. The fraction of sp³-hybridized carbons (Fsp3) is 0.348. The highest BCUT2D eigenvalue weighted by molar-refractivity contribution is 7.99. The van der Waals surface area contributed by atoms with E-state index >= 15 is 0 Å². The van der Waals surface area contributed by atoms with Gasteiger partial charge < -0.3 is 21.1 Å². The Morgan fingerprint density at radius 3 is 2.65 bits per heavy atom. The number of anilines is 2. The molecule has 0 radical (unpaired) electrons. The van der Waals surface area contributed by atoms with E-state index in [2.05, 4.69) is 20.4 Å². The van der Waals surface area contributed by atoms with Gasteiger partial charge in [-0.25, -0.2) is 14.6 Å². The van der Waals surface area contributed by atoms with E-state index in [9.17, 15) is 14.7 Å². The monoisotopic (exact) mass is 483 g/mol. The first-order valence-electron chi connectivity index (χ1n) is 10.7. The van der Waals surface area contributed by atoms with Gasteiger partial charge >= 0.3 is 0 Å². The van der Waals surface area contributed by atoms with Crippen LogP contribution in [-0.2, 0) is 11.3 Å². The highest BCUT2D eigenvalue weighted by Crippen LogP contribution is 2.34. The molecule has 0 fully saturated rings. The Kier molecular flexibility index (Phi) is 8.24. The van der Waals surface area contributed by atoms with Crippen LogP contribution in [0.2, 0.25) is 0 Å². The van der Waals surface area contributed by atoms with E-state index in [0.717, 1.165) is 27.7 Å². The van der Waals surface area contributed by atoms with Gasteiger partial charge in [-0.15, -0.1) is 16.9 Å². The summed E-state index contributed by atoms with van der Waals surface area (Å²) >= 11 is 1.66. The van der Waals surface area contributed by atoms with E-state index in [4.69, 9.17) is 5.73 Å². The average molecular weight is 484 g/mol. The zero-order valence-corrected chi connectivity index (χ0v) is 20.2. The Bertz CT molecular complexity index is 1130. The number of primary amides is 1. The molecule has 4 N–H and O–H groups in total. The zero-order chi connectivity index (χ0) is 24.7. The van der Waals surface area contributed by atoms with Gasteiger partial charge in [0.1, 0.15) is 12.1 Å². The number of nitrogens with zero attached hydrogens (tertiary/aromatic N) is 5. The second kappa shape index (κ2) is 11.1. The maximum atomic E-state index is 11.8. The minimum atomic E-state index is -0.783. The lowest BCUT2D eigenvalue weighted by Crippen LogP contribution is -2.29. The number of aromatic nitrogens is 4. The summed E-state index contributed by atoms with van der Waals surface area (Å²) < 4.78 is 1.58. The standard InChI is InChI=1S/C13H19N3O2S.C10H10N4O/c1-13(2,18)8-15-11-6-10-9(7-14-11)16(3)12(17)4-5-19-10;11-9(15)10-12-7-14(13-10)6-8-4-2-1-3-5-8/h6-7,18H,4-5,8H2,1-3H3,(H,14,15);1-5,7H,6H2,(H2,11,15). The van der Waals surface area contributed by atoms with Crippen LogP contribution in [0, 0.1) is 0 Å². The smallest absolute Gasteiger partial charge is 0.288 e. The SMILES string of the molecule is CN1C(=O)CCSc2cc(NCC(C)(C)O)ncc21.NC(=O)c1ncn(Cc2ccccc2)n1. The molecule has 4 rings (SSSR count). The fourth-order valence-corrected chi connectivity index (χ4v) is 4.03. The first kappa shape index (κ1) is 25.2.